The summed E-state index contributed by atoms with van der Waals surface area (Å²) in [5.41, 5.74) is 6.77. The van der Waals surface area contributed by atoms with Crippen molar-refractivity contribution in [3.63, 3.8) is 0 Å². The van der Waals surface area contributed by atoms with Crippen LogP contribution in [0.15, 0.2) is 18.2 Å². The quantitative estimate of drug-likeness (QED) is 0.617. The molecule has 0 fully saturated rings. The summed E-state index contributed by atoms with van der Waals surface area (Å²) in [6.45, 7) is 3.54. The standard InChI is InChI=1S/C12H17N3O3/c1-3-9(13)7-12(16)14-10-4-5-11(15(17)18)8(2)6-10/h4-6,9H,3,7,13H2,1-2H3,(H,14,16). The Morgan fingerprint density at radius 1 is 1.56 bits per heavy atom. The Hall–Kier alpha value is -1.95. The van der Waals surface area contributed by atoms with Gasteiger partial charge in [0.2, 0.25) is 5.91 Å². The number of carbonyl (C=O) groups is 1. The van der Waals surface area contributed by atoms with Crippen LogP contribution in [0.1, 0.15) is 25.3 Å². The molecular formula is C12H17N3O3. The second kappa shape index (κ2) is 6.11. The maximum atomic E-state index is 11.6. The van der Waals surface area contributed by atoms with Crippen LogP contribution >= 0.6 is 0 Å². The Balaban J connectivity index is 2.72. The minimum Gasteiger partial charge on any atom is -0.327 e. The lowest BCUT2D eigenvalue weighted by molar-refractivity contribution is -0.385. The first-order valence-electron chi connectivity index (χ1n) is 5.74. The van der Waals surface area contributed by atoms with Crippen LogP contribution in [0.2, 0.25) is 0 Å². The Morgan fingerprint density at radius 3 is 2.72 bits per heavy atom. The van der Waals surface area contributed by atoms with Crippen molar-refractivity contribution in [2.75, 3.05) is 5.32 Å². The van der Waals surface area contributed by atoms with E-state index in [1.54, 1.807) is 13.0 Å². The van der Waals surface area contributed by atoms with Crippen LogP contribution < -0.4 is 11.1 Å². The minimum absolute atomic E-state index is 0.0401. The van der Waals surface area contributed by atoms with Crippen molar-refractivity contribution in [3.8, 4) is 0 Å². The molecule has 98 valence electrons. The number of amides is 1. The maximum absolute atomic E-state index is 11.6. The number of carbonyl (C=O) groups excluding carboxylic acids is 1. The van der Waals surface area contributed by atoms with Crippen molar-refractivity contribution >= 4 is 17.3 Å². The van der Waals surface area contributed by atoms with Crippen LogP contribution in [0.25, 0.3) is 0 Å². The fraction of sp³-hybridized carbons (Fsp3) is 0.417. The highest BCUT2D eigenvalue weighted by molar-refractivity contribution is 5.91. The van der Waals surface area contributed by atoms with Crippen LogP contribution in [0.4, 0.5) is 11.4 Å². The largest absolute Gasteiger partial charge is 0.327 e. The van der Waals surface area contributed by atoms with Gasteiger partial charge in [0.15, 0.2) is 0 Å². The number of hydrogen-bond acceptors (Lipinski definition) is 4. The molecule has 0 spiro atoms. The molecule has 0 saturated heterocycles. The number of nitro benzene ring substituents is 1. The minimum atomic E-state index is -0.450. The molecule has 0 aliphatic heterocycles. The molecule has 6 heteroatoms. The van der Waals surface area contributed by atoms with E-state index in [4.69, 9.17) is 5.73 Å². The highest BCUT2D eigenvalue weighted by Gasteiger charge is 2.12. The number of nitrogens with one attached hydrogen (secondary N) is 1. The zero-order chi connectivity index (χ0) is 13.7. The van der Waals surface area contributed by atoms with Gasteiger partial charge in [-0.1, -0.05) is 6.92 Å². The van der Waals surface area contributed by atoms with Gasteiger partial charge in [-0.3, -0.25) is 14.9 Å². The highest BCUT2D eigenvalue weighted by Crippen LogP contribution is 2.21. The second-order valence-corrected chi connectivity index (χ2v) is 4.18. The molecule has 0 heterocycles. The van der Waals surface area contributed by atoms with Gasteiger partial charge < -0.3 is 11.1 Å². The number of nitro groups is 1. The van der Waals surface area contributed by atoms with Crippen LogP contribution in [0, 0.1) is 17.0 Å². The number of hydrogen-bond donors (Lipinski definition) is 2. The summed E-state index contributed by atoms with van der Waals surface area (Å²) in [6, 6.07) is 4.31. The van der Waals surface area contributed by atoms with Gasteiger partial charge in [-0.15, -0.1) is 0 Å². The van der Waals surface area contributed by atoms with Gasteiger partial charge in [-0.05, 0) is 25.5 Å². The van der Waals surface area contributed by atoms with Gasteiger partial charge in [0, 0.05) is 29.8 Å². The third kappa shape index (κ3) is 3.81. The van der Waals surface area contributed by atoms with Crippen molar-refractivity contribution in [1.82, 2.24) is 0 Å². The summed E-state index contributed by atoms with van der Waals surface area (Å²) < 4.78 is 0. The topological polar surface area (TPSA) is 98.3 Å². The molecule has 0 aliphatic rings. The van der Waals surface area contributed by atoms with Crippen LogP contribution in [0.3, 0.4) is 0 Å². The van der Waals surface area contributed by atoms with Gasteiger partial charge in [0.25, 0.3) is 5.69 Å². The first-order valence-corrected chi connectivity index (χ1v) is 5.74. The number of anilines is 1. The van der Waals surface area contributed by atoms with E-state index in [1.165, 1.54) is 12.1 Å². The third-order valence-electron chi connectivity index (χ3n) is 2.65. The summed E-state index contributed by atoms with van der Waals surface area (Å²) in [7, 11) is 0. The third-order valence-corrected chi connectivity index (χ3v) is 2.65. The zero-order valence-corrected chi connectivity index (χ0v) is 10.5. The average Bonchev–Trinajstić information content (AvgIpc) is 2.28. The number of aryl methyl sites for hydroxylation is 1. The first-order chi connectivity index (χ1) is 8.43. The summed E-state index contributed by atoms with van der Waals surface area (Å²) in [4.78, 5) is 21.8. The smallest absolute Gasteiger partial charge is 0.272 e. The molecule has 3 N–H and O–H groups in total. The molecule has 0 radical (unpaired) electrons. The second-order valence-electron chi connectivity index (χ2n) is 4.18. The Kier molecular flexibility index (Phi) is 4.79. The normalized spacial score (nSPS) is 11.9. The van der Waals surface area contributed by atoms with Crippen LogP contribution in [-0.2, 0) is 4.79 Å². The Bertz CT molecular complexity index is 460. The molecule has 1 rings (SSSR count). The molecular weight excluding hydrogens is 234 g/mol. The maximum Gasteiger partial charge on any atom is 0.272 e. The van der Waals surface area contributed by atoms with Gasteiger partial charge in [0.1, 0.15) is 0 Å². The predicted octanol–water partition coefficient (Wildman–Crippen LogP) is 1.97. The zero-order valence-electron chi connectivity index (χ0n) is 10.5. The van der Waals surface area contributed by atoms with E-state index < -0.39 is 4.92 Å². The van der Waals surface area contributed by atoms with Crippen molar-refractivity contribution in [3.05, 3.63) is 33.9 Å². The number of nitrogens with two attached hydrogens (primary N) is 1. The summed E-state index contributed by atoms with van der Waals surface area (Å²) in [5, 5.41) is 13.3. The molecule has 1 amide bonds. The van der Waals surface area contributed by atoms with Crippen molar-refractivity contribution < 1.29 is 9.72 Å². The lowest BCUT2D eigenvalue weighted by atomic mass is 10.1. The van der Waals surface area contributed by atoms with Crippen LogP contribution in [0.5, 0.6) is 0 Å². The molecule has 1 aromatic rings. The predicted molar refractivity (Wildman–Crippen MR) is 69.3 cm³/mol. The molecule has 0 saturated carbocycles. The van der Waals surface area contributed by atoms with Crippen molar-refractivity contribution in [2.45, 2.75) is 32.7 Å². The average molecular weight is 251 g/mol. The monoisotopic (exact) mass is 251 g/mol. The molecule has 1 atom stereocenters. The van der Waals surface area contributed by atoms with Gasteiger partial charge >= 0.3 is 0 Å². The van der Waals surface area contributed by atoms with E-state index in [0.29, 0.717) is 11.3 Å². The molecule has 6 nitrogen and oxygen atoms in total. The van der Waals surface area contributed by atoms with Crippen molar-refractivity contribution in [2.24, 2.45) is 5.73 Å². The van der Waals surface area contributed by atoms with E-state index >= 15 is 0 Å². The number of nitrogens with zero attached hydrogens (tertiary/aromatic N) is 1. The van der Waals surface area contributed by atoms with E-state index in [1.807, 2.05) is 6.92 Å². The van der Waals surface area contributed by atoms with Gasteiger partial charge in [0.05, 0.1) is 4.92 Å². The number of benzene rings is 1. The summed E-state index contributed by atoms with van der Waals surface area (Å²) in [6.07, 6.45) is 0.971. The number of rotatable bonds is 5. The Labute approximate surface area is 105 Å². The van der Waals surface area contributed by atoms with E-state index in [0.717, 1.165) is 6.42 Å². The fourth-order valence-electron chi connectivity index (χ4n) is 1.53. The van der Waals surface area contributed by atoms with Gasteiger partial charge in [-0.25, -0.2) is 0 Å². The molecule has 0 aliphatic carbocycles. The molecule has 1 aromatic carbocycles. The SMILES string of the molecule is CCC(N)CC(=O)Nc1ccc([N+](=O)[O-])c(C)c1. The van der Waals surface area contributed by atoms with Crippen LogP contribution in [-0.4, -0.2) is 16.9 Å². The first kappa shape index (κ1) is 14.1. The molecule has 1 unspecified atom stereocenters. The molecule has 0 bridgehead atoms. The lowest BCUT2D eigenvalue weighted by Crippen LogP contribution is -2.26. The summed E-state index contributed by atoms with van der Waals surface area (Å²) in [5.74, 6) is -0.183. The van der Waals surface area contributed by atoms with E-state index in [2.05, 4.69) is 5.32 Å². The molecule has 0 aromatic heterocycles. The lowest BCUT2D eigenvalue weighted by Gasteiger charge is -2.09. The van der Waals surface area contributed by atoms with E-state index in [-0.39, 0.29) is 24.1 Å². The Morgan fingerprint density at radius 2 is 2.22 bits per heavy atom. The van der Waals surface area contributed by atoms with E-state index in [9.17, 15) is 14.9 Å². The summed E-state index contributed by atoms with van der Waals surface area (Å²) >= 11 is 0. The highest BCUT2D eigenvalue weighted by atomic mass is 16.6. The van der Waals surface area contributed by atoms with Gasteiger partial charge in [-0.2, -0.15) is 0 Å². The molecule has 18 heavy (non-hydrogen) atoms. The fourth-order valence-corrected chi connectivity index (χ4v) is 1.53. The van der Waals surface area contributed by atoms with Crippen molar-refractivity contribution in [1.29, 1.82) is 0 Å².